The molecule has 0 radical (unpaired) electrons. The van der Waals surface area contributed by atoms with E-state index in [1.807, 2.05) is 0 Å². The molecule has 1 aliphatic rings. The zero-order chi connectivity index (χ0) is 6.85. The summed E-state index contributed by atoms with van der Waals surface area (Å²) >= 11 is 0. The monoisotopic (exact) mass is 146 g/mol. The Bertz CT molecular complexity index is 84.9. The molecule has 0 aliphatic carbocycles. The minimum Gasteiger partial charge on any atom is -0.380 e. The summed E-state index contributed by atoms with van der Waals surface area (Å²) in [5, 5.41) is 0. The van der Waals surface area contributed by atoms with Crippen molar-refractivity contribution >= 4 is 7.92 Å². The van der Waals surface area contributed by atoms with Crippen LogP contribution in [0, 0.1) is 0 Å². The SMILES string of the molecule is C[C@H]1COC[C@H](C)P1C. The number of ether oxygens (including phenoxy) is 1. The van der Waals surface area contributed by atoms with Crippen LogP contribution in [0.15, 0.2) is 0 Å². The zero-order valence-corrected chi connectivity index (χ0v) is 7.32. The standard InChI is InChI=1S/C7H15OP/c1-6-4-8-5-7(2)9(6)3/h6-7H,4-5H2,1-3H3/t6-,7-/m0/s1. The van der Waals surface area contributed by atoms with Crippen LogP contribution in [0.3, 0.4) is 0 Å². The Morgan fingerprint density at radius 1 is 1.22 bits per heavy atom. The van der Waals surface area contributed by atoms with Crippen LogP contribution >= 0.6 is 7.92 Å². The van der Waals surface area contributed by atoms with Crippen molar-refractivity contribution in [3.8, 4) is 0 Å². The molecule has 0 aromatic rings. The Balaban J connectivity index is 2.41. The summed E-state index contributed by atoms with van der Waals surface area (Å²) in [6.45, 7) is 8.95. The lowest BCUT2D eigenvalue weighted by Gasteiger charge is -2.32. The van der Waals surface area contributed by atoms with Crippen LogP contribution < -0.4 is 0 Å². The van der Waals surface area contributed by atoms with Gasteiger partial charge in [-0.1, -0.05) is 21.8 Å². The molecule has 9 heavy (non-hydrogen) atoms. The van der Waals surface area contributed by atoms with Crippen LogP contribution in [0.1, 0.15) is 13.8 Å². The highest BCUT2D eigenvalue weighted by atomic mass is 31.1. The molecule has 1 aliphatic heterocycles. The summed E-state index contributed by atoms with van der Waals surface area (Å²) in [6.07, 6.45) is 0. The maximum atomic E-state index is 5.38. The van der Waals surface area contributed by atoms with Crippen molar-refractivity contribution < 1.29 is 4.74 Å². The zero-order valence-electron chi connectivity index (χ0n) is 6.42. The molecule has 2 atom stereocenters. The van der Waals surface area contributed by atoms with Gasteiger partial charge in [0.15, 0.2) is 0 Å². The van der Waals surface area contributed by atoms with Crippen molar-refractivity contribution in [3.63, 3.8) is 0 Å². The van der Waals surface area contributed by atoms with E-state index in [-0.39, 0.29) is 7.92 Å². The third-order valence-electron chi connectivity index (χ3n) is 2.11. The molecule has 0 aromatic heterocycles. The molecule has 1 rings (SSSR count). The van der Waals surface area contributed by atoms with Gasteiger partial charge in [0, 0.05) is 0 Å². The Morgan fingerprint density at radius 3 is 2.00 bits per heavy atom. The molecule has 0 saturated carbocycles. The van der Waals surface area contributed by atoms with Crippen molar-refractivity contribution in [2.24, 2.45) is 0 Å². The van der Waals surface area contributed by atoms with Crippen molar-refractivity contribution in [3.05, 3.63) is 0 Å². The van der Waals surface area contributed by atoms with Gasteiger partial charge in [0.1, 0.15) is 0 Å². The normalized spacial score (nSPS) is 39.0. The summed E-state index contributed by atoms with van der Waals surface area (Å²) in [7, 11) is 0.261. The molecule has 1 heterocycles. The highest BCUT2D eigenvalue weighted by Gasteiger charge is 2.22. The minimum absolute atomic E-state index is 0.261. The first-order chi connectivity index (χ1) is 4.22. The molecule has 1 saturated heterocycles. The van der Waals surface area contributed by atoms with Crippen molar-refractivity contribution in [1.29, 1.82) is 0 Å². The summed E-state index contributed by atoms with van der Waals surface area (Å²) in [4.78, 5) is 0. The maximum Gasteiger partial charge on any atom is 0.0531 e. The highest BCUT2D eigenvalue weighted by molar-refractivity contribution is 7.58. The van der Waals surface area contributed by atoms with E-state index in [0.29, 0.717) is 0 Å². The van der Waals surface area contributed by atoms with Gasteiger partial charge in [0.25, 0.3) is 0 Å². The van der Waals surface area contributed by atoms with Crippen LogP contribution in [0.5, 0.6) is 0 Å². The van der Waals surface area contributed by atoms with E-state index in [4.69, 9.17) is 4.74 Å². The predicted molar refractivity (Wildman–Crippen MR) is 42.6 cm³/mol. The average Bonchev–Trinajstić information content (AvgIpc) is 1.83. The molecule has 0 spiro atoms. The smallest absolute Gasteiger partial charge is 0.0531 e. The van der Waals surface area contributed by atoms with Crippen molar-refractivity contribution in [1.82, 2.24) is 0 Å². The minimum atomic E-state index is 0.261. The fourth-order valence-corrected chi connectivity index (χ4v) is 2.63. The second-order valence-corrected chi connectivity index (χ2v) is 5.99. The summed E-state index contributed by atoms with van der Waals surface area (Å²) in [5.74, 6) is 0. The summed E-state index contributed by atoms with van der Waals surface area (Å²) in [6, 6.07) is 0. The van der Waals surface area contributed by atoms with Gasteiger partial charge in [0.2, 0.25) is 0 Å². The summed E-state index contributed by atoms with van der Waals surface area (Å²) in [5.41, 5.74) is 1.65. The lowest BCUT2D eigenvalue weighted by molar-refractivity contribution is 0.129. The van der Waals surface area contributed by atoms with Gasteiger partial charge >= 0.3 is 0 Å². The lowest BCUT2D eigenvalue weighted by atomic mass is 10.4. The van der Waals surface area contributed by atoms with Gasteiger partial charge in [-0.3, -0.25) is 0 Å². The molecule has 2 heteroatoms. The third-order valence-corrected chi connectivity index (χ3v) is 5.19. The van der Waals surface area contributed by atoms with Crippen LogP contribution in [0.4, 0.5) is 0 Å². The Labute approximate surface area is 58.5 Å². The van der Waals surface area contributed by atoms with Gasteiger partial charge in [0.05, 0.1) is 13.2 Å². The third kappa shape index (κ3) is 1.65. The average molecular weight is 146 g/mol. The van der Waals surface area contributed by atoms with Gasteiger partial charge in [-0.25, -0.2) is 0 Å². The second-order valence-electron chi connectivity index (χ2n) is 2.90. The predicted octanol–water partition coefficient (Wildman–Crippen LogP) is 1.91. The molecular formula is C7H15OP. The lowest BCUT2D eigenvalue weighted by Crippen LogP contribution is -2.26. The Morgan fingerprint density at radius 2 is 1.67 bits per heavy atom. The van der Waals surface area contributed by atoms with Crippen LogP contribution in [0.2, 0.25) is 0 Å². The number of rotatable bonds is 0. The first-order valence-corrected chi connectivity index (χ1v) is 5.44. The fourth-order valence-electron chi connectivity index (χ4n) is 1.08. The van der Waals surface area contributed by atoms with Crippen LogP contribution in [-0.2, 0) is 4.74 Å². The quantitative estimate of drug-likeness (QED) is 0.474. The molecule has 0 aromatic carbocycles. The van der Waals surface area contributed by atoms with E-state index in [1.165, 1.54) is 0 Å². The molecule has 0 amide bonds. The largest absolute Gasteiger partial charge is 0.380 e. The summed E-state index contributed by atoms with van der Waals surface area (Å²) < 4.78 is 5.38. The highest BCUT2D eigenvalue weighted by Crippen LogP contribution is 2.44. The van der Waals surface area contributed by atoms with Gasteiger partial charge in [-0.05, 0) is 18.0 Å². The molecule has 0 N–H and O–H groups in total. The van der Waals surface area contributed by atoms with Crippen molar-refractivity contribution in [2.45, 2.75) is 25.2 Å². The number of hydrogen-bond acceptors (Lipinski definition) is 1. The molecule has 0 bridgehead atoms. The van der Waals surface area contributed by atoms with E-state index < -0.39 is 0 Å². The molecule has 1 fully saturated rings. The topological polar surface area (TPSA) is 9.23 Å². The molecular weight excluding hydrogens is 131 g/mol. The van der Waals surface area contributed by atoms with E-state index in [0.717, 1.165) is 24.5 Å². The van der Waals surface area contributed by atoms with Crippen LogP contribution in [0.25, 0.3) is 0 Å². The fraction of sp³-hybridized carbons (Fsp3) is 1.00. The first-order valence-electron chi connectivity index (χ1n) is 3.51. The van der Waals surface area contributed by atoms with Crippen molar-refractivity contribution in [2.75, 3.05) is 19.9 Å². The molecule has 1 nitrogen and oxygen atoms in total. The first kappa shape index (κ1) is 7.50. The van der Waals surface area contributed by atoms with E-state index in [1.54, 1.807) is 0 Å². The van der Waals surface area contributed by atoms with E-state index in [2.05, 4.69) is 20.5 Å². The molecule has 0 unspecified atom stereocenters. The molecule has 54 valence electrons. The van der Waals surface area contributed by atoms with E-state index >= 15 is 0 Å². The van der Waals surface area contributed by atoms with Gasteiger partial charge in [-0.2, -0.15) is 0 Å². The van der Waals surface area contributed by atoms with E-state index in [9.17, 15) is 0 Å². The Hall–Kier alpha value is 0.390. The van der Waals surface area contributed by atoms with Gasteiger partial charge in [-0.15, -0.1) is 0 Å². The van der Waals surface area contributed by atoms with Crippen LogP contribution in [-0.4, -0.2) is 31.2 Å². The Kier molecular flexibility index (Phi) is 2.49. The second kappa shape index (κ2) is 2.98. The maximum absolute atomic E-state index is 5.38. The number of hydrogen-bond donors (Lipinski definition) is 0. The van der Waals surface area contributed by atoms with Gasteiger partial charge < -0.3 is 4.74 Å².